The number of para-hydroxylation sites is 1. The van der Waals surface area contributed by atoms with Crippen LogP contribution in [-0.4, -0.2) is 33.4 Å². The van der Waals surface area contributed by atoms with E-state index in [9.17, 15) is 9.59 Å². The van der Waals surface area contributed by atoms with Crippen LogP contribution >= 0.6 is 0 Å². The molecule has 1 fully saturated rings. The number of rotatable bonds is 6. The average molecular weight is 404 g/mol. The number of carbonyl (C=O) groups excluding carboxylic acids is 2. The van der Waals surface area contributed by atoms with Crippen molar-refractivity contribution in [3.8, 4) is 0 Å². The van der Waals surface area contributed by atoms with E-state index >= 15 is 0 Å². The Kier molecular flexibility index (Phi) is 5.51. The molecule has 1 amide bonds. The van der Waals surface area contributed by atoms with Gasteiger partial charge in [0, 0.05) is 24.3 Å². The predicted octanol–water partition coefficient (Wildman–Crippen LogP) is 2.68. The van der Waals surface area contributed by atoms with Gasteiger partial charge in [-0.05, 0) is 36.8 Å². The number of nitrogen functional groups attached to an aromatic ring is 1. The molecule has 0 spiro atoms. The molecule has 0 atom stereocenters. The standard InChI is InChI=1S/C21H20N6O3/c22-20-24-17(25-21(26-20)23-15-7-2-1-3-8-15)13-30-19(29)14-6-4-9-16(12-14)27-11-5-10-18(27)28/h1-4,6-9,12H,5,10-11,13H2,(H3,22,23,24,25,26). The van der Waals surface area contributed by atoms with E-state index in [1.54, 1.807) is 29.2 Å². The van der Waals surface area contributed by atoms with Crippen molar-refractivity contribution >= 4 is 35.1 Å². The topological polar surface area (TPSA) is 123 Å². The summed E-state index contributed by atoms with van der Waals surface area (Å²) in [6.45, 7) is 0.487. The molecule has 30 heavy (non-hydrogen) atoms. The predicted molar refractivity (Wildman–Crippen MR) is 111 cm³/mol. The van der Waals surface area contributed by atoms with Crippen molar-refractivity contribution in [1.29, 1.82) is 0 Å². The normalized spacial score (nSPS) is 13.3. The average Bonchev–Trinajstić information content (AvgIpc) is 3.18. The summed E-state index contributed by atoms with van der Waals surface area (Å²) in [6.07, 6.45) is 1.34. The van der Waals surface area contributed by atoms with E-state index in [1.165, 1.54) is 0 Å². The molecule has 1 aliphatic rings. The number of nitrogens with one attached hydrogen (secondary N) is 1. The van der Waals surface area contributed by atoms with Gasteiger partial charge < -0.3 is 20.7 Å². The molecule has 2 aromatic carbocycles. The van der Waals surface area contributed by atoms with Gasteiger partial charge in [0.05, 0.1) is 5.56 Å². The Morgan fingerprint density at radius 2 is 1.93 bits per heavy atom. The van der Waals surface area contributed by atoms with Crippen LogP contribution in [0.15, 0.2) is 54.6 Å². The third-order valence-corrected chi connectivity index (χ3v) is 4.53. The highest BCUT2D eigenvalue weighted by atomic mass is 16.5. The third-order valence-electron chi connectivity index (χ3n) is 4.53. The van der Waals surface area contributed by atoms with E-state index in [4.69, 9.17) is 10.5 Å². The smallest absolute Gasteiger partial charge is 0.338 e. The van der Waals surface area contributed by atoms with Crippen LogP contribution in [0.3, 0.4) is 0 Å². The van der Waals surface area contributed by atoms with Gasteiger partial charge in [-0.3, -0.25) is 4.79 Å². The zero-order chi connectivity index (χ0) is 20.9. The lowest BCUT2D eigenvalue weighted by Gasteiger charge is -2.16. The molecule has 3 N–H and O–H groups in total. The largest absolute Gasteiger partial charge is 0.454 e. The fourth-order valence-corrected chi connectivity index (χ4v) is 3.14. The molecule has 1 saturated heterocycles. The van der Waals surface area contributed by atoms with E-state index in [0.29, 0.717) is 24.2 Å². The van der Waals surface area contributed by atoms with E-state index in [-0.39, 0.29) is 30.2 Å². The molecule has 3 aromatic rings. The van der Waals surface area contributed by atoms with Crippen LogP contribution in [-0.2, 0) is 16.1 Å². The Morgan fingerprint density at radius 1 is 1.10 bits per heavy atom. The maximum Gasteiger partial charge on any atom is 0.338 e. The molecular weight excluding hydrogens is 384 g/mol. The second-order valence-electron chi connectivity index (χ2n) is 6.70. The number of carbonyl (C=O) groups is 2. The highest BCUT2D eigenvalue weighted by molar-refractivity contribution is 5.97. The Morgan fingerprint density at radius 3 is 2.70 bits per heavy atom. The van der Waals surface area contributed by atoms with Crippen LogP contribution in [0.2, 0.25) is 0 Å². The molecular formula is C21H20N6O3. The minimum Gasteiger partial charge on any atom is -0.454 e. The first-order chi connectivity index (χ1) is 14.6. The highest BCUT2D eigenvalue weighted by Crippen LogP contribution is 2.22. The Bertz CT molecular complexity index is 1070. The van der Waals surface area contributed by atoms with Gasteiger partial charge in [0.25, 0.3) is 0 Å². The number of amides is 1. The number of nitrogens with two attached hydrogens (primary N) is 1. The molecule has 9 heteroatoms. The van der Waals surface area contributed by atoms with Crippen molar-refractivity contribution in [3.63, 3.8) is 0 Å². The SMILES string of the molecule is Nc1nc(COC(=O)c2cccc(N3CCCC3=O)c2)nc(Nc2ccccc2)n1. The summed E-state index contributed by atoms with van der Waals surface area (Å²) >= 11 is 0. The molecule has 1 aliphatic heterocycles. The maximum absolute atomic E-state index is 12.5. The van der Waals surface area contributed by atoms with Crippen molar-refractivity contribution in [2.45, 2.75) is 19.4 Å². The number of hydrogen-bond acceptors (Lipinski definition) is 8. The minimum absolute atomic E-state index is 0.0176. The van der Waals surface area contributed by atoms with Crippen molar-refractivity contribution in [2.75, 3.05) is 22.5 Å². The first kappa shape index (κ1) is 19.3. The van der Waals surface area contributed by atoms with Gasteiger partial charge in [0.2, 0.25) is 17.8 Å². The molecule has 152 valence electrons. The summed E-state index contributed by atoms with van der Waals surface area (Å²) in [7, 11) is 0. The highest BCUT2D eigenvalue weighted by Gasteiger charge is 2.22. The summed E-state index contributed by atoms with van der Waals surface area (Å²) in [5.41, 5.74) is 7.57. The lowest BCUT2D eigenvalue weighted by molar-refractivity contribution is -0.117. The van der Waals surface area contributed by atoms with Crippen molar-refractivity contribution in [3.05, 3.63) is 66.0 Å². The molecule has 1 aromatic heterocycles. The molecule has 0 bridgehead atoms. The summed E-state index contributed by atoms with van der Waals surface area (Å²) in [5.74, 6) is 0.0122. The number of ether oxygens (including phenoxy) is 1. The third kappa shape index (κ3) is 4.52. The Labute approximate surface area is 172 Å². The Hall–Kier alpha value is -4.01. The summed E-state index contributed by atoms with van der Waals surface area (Å²) in [5, 5.41) is 3.03. The first-order valence-corrected chi connectivity index (χ1v) is 9.48. The van der Waals surface area contributed by atoms with Crippen LogP contribution in [0.4, 0.5) is 23.3 Å². The van der Waals surface area contributed by atoms with Crippen LogP contribution in [0, 0.1) is 0 Å². The molecule has 0 unspecified atom stereocenters. The number of esters is 1. The lowest BCUT2D eigenvalue weighted by Crippen LogP contribution is -2.23. The van der Waals surface area contributed by atoms with Crippen LogP contribution in [0.5, 0.6) is 0 Å². The van der Waals surface area contributed by atoms with Crippen LogP contribution < -0.4 is 16.0 Å². The number of anilines is 4. The fraction of sp³-hybridized carbons (Fsp3) is 0.190. The number of hydrogen-bond donors (Lipinski definition) is 2. The number of aromatic nitrogens is 3. The van der Waals surface area contributed by atoms with Gasteiger partial charge in [-0.2, -0.15) is 15.0 Å². The second kappa shape index (κ2) is 8.56. The monoisotopic (exact) mass is 404 g/mol. The van der Waals surface area contributed by atoms with E-state index in [2.05, 4.69) is 20.3 Å². The minimum atomic E-state index is -0.542. The maximum atomic E-state index is 12.5. The molecule has 0 saturated carbocycles. The molecule has 0 radical (unpaired) electrons. The van der Waals surface area contributed by atoms with Crippen molar-refractivity contribution in [2.24, 2.45) is 0 Å². The fourth-order valence-electron chi connectivity index (χ4n) is 3.14. The van der Waals surface area contributed by atoms with E-state index < -0.39 is 5.97 Å². The molecule has 9 nitrogen and oxygen atoms in total. The van der Waals surface area contributed by atoms with Crippen LogP contribution in [0.25, 0.3) is 0 Å². The van der Waals surface area contributed by atoms with E-state index in [0.717, 1.165) is 12.1 Å². The summed E-state index contributed by atoms with van der Waals surface area (Å²) in [4.78, 5) is 38.4. The number of nitrogens with zero attached hydrogens (tertiary/aromatic N) is 4. The Balaban J connectivity index is 1.43. The zero-order valence-corrected chi connectivity index (χ0v) is 16.1. The van der Waals surface area contributed by atoms with Crippen molar-refractivity contribution < 1.29 is 14.3 Å². The first-order valence-electron chi connectivity index (χ1n) is 9.48. The van der Waals surface area contributed by atoms with Gasteiger partial charge in [-0.25, -0.2) is 4.79 Å². The summed E-state index contributed by atoms with van der Waals surface area (Å²) < 4.78 is 5.34. The van der Waals surface area contributed by atoms with E-state index in [1.807, 2.05) is 30.3 Å². The second-order valence-corrected chi connectivity index (χ2v) is 6.70. The van der Waals surface area contributed by atoms with Gasteiger partial charge in [-0.1, -0.05) is 24.3 Å². The van der Waals surface area contributed by atoms with Gasteiger partial charge in [0.1, 0.15) is 0 Å². The van der Waals surface area contributed by atoms with Gasteiger partial charge in [-0.15, -0.1) is 0 Å². The molecule has 4 rings (SSSR count). The molecule has 0 aliphatic carbocycles. The quantitative estimate of drug-likeness (QED) is 0.601. The van der Waals surface area contributed by atoms with Crippen LogP contribution in [0.1, 0.15) is 29.0 Å². The lowest BCUT2D eigenvalue weighted by atomic mass is 10.2. The summed E-state index contributed by atoms with van der Waals surface area (Å²) in [6, 6.07) is 16.2. The zero-order valence-electron chi connectivity index (χ0n) is 16.1. The molecule has 2 heterocycles. The van der Waals surface area contributed by atoms with Crippen molar-refractivity contribution in [1.82, 2.24) is 15.0 Å². The van der Waals surface area contributed by atoms with Gasteiger partial charge in [0.15, 0.2) is 12.4 Å². The number of benzene rings is 2. The van der Waals surface area contributed by atoms with Gasteiger partial charge >= 0.3 is 5.97 Å².